The van der Waals surface area contributed by atoms with Gasteiger partial charge in [-0.15, -0.1) is 0 Å². The van der Waals surface area contributed by atoms with Gasteiger partial charge in [0.2, 0.25) is 0 Å². The van der Waals surface area contributed by atoms with Crippen LogP contribution >= 0.6 is 45.2 Å². The molecule has 0 amide bonds. The highest BCUT2D eigenvalue weighted by molar-refractivity contribution is 14.1. The molecule has 0 radical (unpaired) electrons. The molecule has 0 saturated carbocycles. The molecule has 0 atom stereocenters. The van der Waals surface area contributed by atoms with Gasteiger partial charge in [0, 0.05) is 20.3 Å². The number of hydrogen-bond acceptors (Lipinski definition) is 6. The number of hydrazone groups is 1. The average Bonchev–Trinajstić information content (AvgIpc) is 2.47. The zero-order chi connectivity index (χ0) is 16.1. The van der Waals surface area contributed by atoms with Crippen molar-refractivity contribution < 1.29 is 4.92 Å². The van der Waals surface area contributed by atoms with Crippen LogP contribution in [0.15, 0.2) is 35.6 Å². The summed E-state index contributed by atoms with van der Waals surface area (Å²) in [5, 5.41) is 17.8. The Morgan fingerprint density at radius 1 is 1.32 bits per heavy atom. The monoisotopic (exact) mass is 523 g/mol. The fourth-order valence-corrected chi connectivity index (χ4v) is 3.99. The second-order valence-electron chi connectivity index (χ2n) is 4.14. The third-order valence-electron chi connectivity index (χ3n) is 2.67. The van der Waals surface area contributed by atoms with E-state index in [0.29, 0.717) is 5.82 Å². The summed E-state index contributed by atoms with van der Waals surface area (Å²) in [6, 6.07) is 6.89. The predicted molar refractivity (Wildman–Crippen MR) is 104 cm³/mol. The van der Waals surface area contributed by atoms with Crippen LogP contribution in [0.1, 0.15) is 5.56 Å². The summed E-state index contributed by atoms with van der Waals surface area (Å²) >= 11 is 4.52. The van der Waals surface area contributed by atoms with Gasteiger partial charge in [0.05, 0.1) is 16.8 Å². The second kappa shape index (κ2) is 7.67. The van der Waals surface area contributed by atoms with Crippen LogP contribution in [0.3, 0.4) is 0 Å². The molecule has 0 unspecified atom stereocenters. The van der Waals surface area contributed by atoms with Gasteiger partial charge >= 0.3 is 0 Å². The number of benzene rings is 1. The largest absolute Gasteiger partial charge is 0.386 e. The molecule has 0 fully saturated rings. The lowest BCUT2D eigenvalue weighted by Crippen LogP contribution is -1.98. The standard InChI is InChI=1S/C13H11I2N5O2/c1-16-13-10(14)4-8(5-11(13)15)6-18-19-12-3-2-9(7-17-12)20(21)22/h2-7,16H,1H3,(H,17,19)/b18-6-. The maximum absolute atomic E-state index is 10.5. The number of anilines is 2. The van der Waals surface area contributed by atoms with Crippen LogP contribution in [0.4, 0.5) is 17.2 Å². The molecule has 1 aromatic heterocycles. The molecular formula is C13H11I2N5O2. The molecule has 0 aliphatic rings. The number of aromatic nitrogens is 1. The highest BCUT2D eigenvalue weighted by atomic mass is 127. The number of nitro groups is 1. The lowest BCUT2D eigenvalue weighted by atomic mass is 10.2. The van der Waals surface area contributed by atoms with Crippen LogP contribution in [0.2, 0.25) is 0 Å². The first-order valence-corrected chi connectivity index (χ1v) is 8.23. The van der Waals surface area contributed by atoms with E-state index in [1.807, 2.05) is 19.2 Å². The molecule has 0 spiro atoms. The van der Waals surface area contributed by atoms with Crippen LogP contribution in [0, 0.1) is 17.3 Å². The van der Waals surface area contributed by atoms with Crippen LogP contribution in [0.25, 0.3) is 0 Å². The first kappa shape index (κ1) is 16.9. The minimum Gasteiger partial charge on any atom is -0.386 e. The molecule has 7 nitrogen and oxygen atoms in total. The lowest BCUT2D eigenvalue weighted by Gasteiger charge is -2.07. The van der Waals surface area contributed by atoms with Crippen molar-refractivity contribution >= 4 is 68.6 Å². The Balaban J connectivity index is 2.08. The van der Waals surface area contributed by atoms with Crippen molar-refractivity contribution in [1.29, 1.82) is 0 Å². The molecule has 0 aliphatic heterocycles. The van der Waals surface area contributed by atoms with Gasteiger partial charge in [0.25, 0.3) is 5.69 Å². The van der Waals surface area contributed by atoms with Crippen molar-refractivity contribution in [2.24, 2.45) is 5.10 Å². The minimum absolute atomic E-state index is 0.0544. The van der Waals surface area contributed by atoms with Crippen molar-refractivity contribution in [3.05, 3.63) is 53.3 Å². The van der Waals surface area contributed by atoms with E-state index in [-0.39, 0.29) is 5.69 Å². The van der Waals surface area contributed by atoms with Gasteiger partial charge in [-0.1, -0.05) is 0 Å². The Morgan fingerprint density at radius 2 is 2.00 bits per heavy atom. The van der Waals surface area contributed by atoms with Crippen molar-refractivity contribution in [3.8, 4) is 0 Å². The Kier molecular flexibility index (Phi) is 5.88. The summed E-state index contributed by atoms with van der Waals surface area (Å²) < 4.78 is 2.20. The van der Waals surface area contributed by atoms with Gasteiger partial charge in [0.1, 0.15) is 12.0 Å². The molecule has 1 heterocycles. The molecule has 0 aliphatic carbocycles. The van der Waals surface area contributed by atoms with Crippen LogP contribution in [-0.4, -0.2) is 23.2 Å². The summed E-state index contributed by atoms with van der Waals surface area (Å²) in [4.78, 5) is 14.0. The number of pyridine rings is 1. The van der Waals surface area contributed by atoms with E-state index < -0.39 is 4.92 Å². The van der Waals surface area contributed by atoms with Gasteiger partial charge in [0.15, 0.2) is 0 Å². The van der Waals surface area contributed by atoms with Crippen molar-refractivity contribution in [2.75, 3.05) is 17.8 Å². The van der Waals surface area contributed by atoms with E-state index in [2.05, 4.69) is 66.0 Å². The van der Waals surface area contributed by atoms with E-state index in [4.69, 9.17) is 0 Å². The van der Waals surface area contributed by atoms with Crippen LogP contribution < -0.4 is 10.7 Å². The summed E-state index contributed by atoms with van der Waals surface area (Å²) in [6.45, 7) is 0. The Bertz CT molecular complexity index is 696. The Morgan fingerprint density at radius 3 is 2.50 bits per heavy atom. The van der Waals surface area contributed by atoms with Crippen LogP contribution in [0.5, 0.6) is 0 Å². The van der Waals surface area contributed by atoms with Gasteiger partial charge < -0.3 is 5.32 Å². The number of nitrogens with one attached hydrogen (secondary N) is 2. The fourth-order valence-electron chi connectivity index (χ4n) is 1.64. The molecule has 2 aromatic rings. The quantitative estimate of drug-likeness (QED) is 0.270. The smallest absolute Gasteiger partial charge is 0.287 e. The predicted octanol–water partition coefficient (Wildman–Crippen LogP) is 3.69. The number of hydrogen-bond donors (Lipinski definition) is 2. The van der Waals surface area contributed by atoms with E-state index in [1.54, 1.807) is 6.21 Å². The zero-order valence-electron chi connectivity index (χ0n) is 11.4. The van der Waals surface area contributed by atoms with Gasteiger partial charge in [-0.3, -0.25) is 15.5 Å². The normalized spacial score (nSPS) is 10.7. The third kappa shape index (κ3) is 4.25. The number of halogens is 2. The number of rotatable bonds is 5. The van der Waals surface area contributed by atoms with E-state index in [9.17, 15) is 10.1 Å². The van der Waals surface area contributed by atoms with Crippen molar-refractivity contribution in [1.82, 2.24) is 4.98 Å². The lowest BCUT2D eigenvalue weighted by molar-refractivity contribution is -0.385. The maximum Gasteiger partial charge on any atom is 0.287 e. The Labute approximate surface area is 154 Å². The summed E-state index contributed by atoms with van der Waals surface area (Å²) in [5.41, 5.74) is 4.72. The van der Waals surface area contributed by atoms with Crippen molar-refractivity contribution in [2.45, 2.75) is 0 Å². The summed E-state index contributed by atoms with van der Waals surface area (Å²) in [6.07, 6.45) is 2.86. The second-order valence-corrected chi connectivity index (χ2v) is 6.46. The van der Waals surface area contributed by atoms with E-state index in [0.717, 1.165) is 18.4 Å². The molecule has 2 rings (SSSR count). The fraction of sp³-hybridized carbons (Fsp3) is 0.0769. The van der Waals surface area contributed by atoms with Gasteiger partial charge in [-0.2, -0.15) is 5.10 Å². The SMILES string of the molecule is CNc1c(I)cc(/C=N\Nc2ccc([N+](=O)[O-])cn2)cc1I. The highest BCUT2D eigenvalue weighted by Crippen LogP contribution is 2.25. The first-order chi connectivity index (χ1) is 10.5. The molecule has 0 saturated heterocycles. The summed E-state index contributed by atoms with van der Waals surface area (Å²) in [7, 11) is 1.88. The molecule has 9 heteroatoms. The molecule has 1 aromatic carbocycles. The molecule has 22 heavy (non-hydrogen) atoms. The first-order valence-electron chi connectivity index (χ1n) is 6.07. The minimum atomic E-state index is -0.493. The maximum atomic E-state index is 10.5. The highest BCUT2D eigenvalue weighted by Gasteiger charge is 2.05. The van der Waals surface area contributed by atoms with Gasteiger partial charge in [-0.05, 0) is 68.9 Å². The van der Waals surface area contributed by atoms with Crippen molar-refractivity contribution in [3.63, 3.8) is 0 Å². The molecule has 2 N–H and O–H groups in total. The molecule has 0 bridgehead atoms. The van der Waals surface area contributed by atoms with E-state index >= 15 is 0 Å². The molecule has 114 valence electrons. The third-order valence-corrected chi connectivity index (χ3v) is 4.37. The Hall–Kier alpha value is -1.50. The summed E-state index contributed by atoms with van der Waals surface area (Å²) in [5.74, 6) is 0.443. The van der Waals surface area contributed by atoms with E-state index in [1.165, 1.54) is 18.3 Å². The topological polar surface area (TPSA) is 92.5 Å². The number of nitrogens with zero attached hydrogens (tertiary/aromatic N) is 3. The van der Waals surface area contributed by atoms with Crippen LogP contribution in [-0.2, 0) is 0 Å². The van der Waals surface area contributed by atoms with Gasteiger partial charge in [-0.25, -0.2) is 4.98 Å². The molecular weight excluding hydrogens is 512 g/mol. The average molecular weight is 523 g/mol. The zero-order valence-corrected chi connectivity index (χ0v) is 15.7.